The van der Waals surface area contributed by atoms with E-state index < -0.39 is 23.6 Å². The Kier molecular flexibility index (Phi) is 2.69. The van der Waals surface area contributed by atoms with Crippen LogP contribution in [0.3, 0.4) is 0 Å². The lowest BCUT2D eigenvalue weighted by atomic mass is 9.99. The second-order valence-corrected chi connectivity index (χ2v) is 3.81. The van der Waals surface area contributed by atoms with Gasteiger partial charge in [0, 0.05) is 11.6 Å². The van der Waals surface area contributed by atoms with E-state index >= 15 is 0 Å². The molecule has 0 heterocycles. The molecule has 1 aliphatic rings. The number of halogens is 3. The molecule has 0 amide bonds. The maximum absolute atomic E-state index is 13.4. The molecule has 1 aromatic rings. The van der Waals surface area contributed by atoms with E-state index in [1.165, 1.54) is 0 Å². The minimum absolute atomic E-state index is 0.124. The van der Waals surface area contributed by atoms with E-state index in [1.54, 1.807) is 0 Å². The second-order valence-electron chi connectivity index (χ2n) is 3.81. The molecule has 2 rings (SSSR count). The summed E-state index contributed by atoms with van der Waals surface area (Å²) in [6.45, 7) is 0. The standard InChI is InChI=1S/C11H11F3O/c12-7-5-8(13)11(14)10-6(7)3-1-2-4-9(10)15/h5,9,15H,1-4H2. The van der Waals surface area contributed by atoms with E-state index in [2.05, 4.69) is 0 Å². The normalized spacial score (nSPS) is 20.9. The molecule has 1 N–H and O–H groups in total. The maximum Gasteiger partial charge on any atom is 0.165 e. The third kappa shape index (κ3) is 1.74. The summed E-state index contributed by atoms with van der Waals surface area (Å²) in [7, 11) is 0. The van der Waals surface area contributed by atoms with Crippen LogP contribution in [0, 0.1) is 17.5 Å². The summed E-state index contributed by atoms with van der Waals surface area (Å²) in [5.41, 5.74) is -0.0658. The predicted octanol–water partition coefficient (Wildman–Crippen LogP) is 2.86. The molecule has 1 atom stereocenters. The van der Waals surface area contributed by atoms with Gasteiger partial charge in [-0.15, -0.1) is 0 Å². The summed E-state index contributed by atoms with van der Waals surface area (Å²) in [6.07, 6.45) is 0.998. The molecule has 0 spiro atoms. The SMILES string of the molecule is OC1CCCCc2c(F)cc(F)c(F)c21. The zero-order valence-electron chi connectivity index (χ0n) is 8.06. The van der Waals surface area contributed by atoms with Crippen LogP contribution in [0.1, 0.15) is 36.5 Å². The van der Waals surface area contributed by atoms with Crippen molar-refractivity contribution in [3.05, 3.63) is 34.6 Å². The molecule has 1 nitrogen and oxygen atoms in total. The molecule has 1 aliphatic carbocycles. The van der Waals surface area contributed by atoms with Crippen LogP contribution in [-0.2, 0) is 6.42 Å². The Morgan fingerprint density at radius 2 is 1.87 bits per heavy atom. The minimum atomic E-state index is -1.23. The molecule has 0 bridgehead atoms. The topological polar surface area (TPSA) is 20.2 Å². The molecule has 1 aromatic carbocycles. The van der Waals surface area contributed by atoms with Gasteiger partial charge in [-0.2, -0.15) is 0 Å². The van der Waals surface area contributed by atoms with E-state index in [1.807, 2.05) is 0 Å². The summed E-state index contributed by atoms with van der Waals surface area (Å²) in [5, 5.41) is 9.60. The highest BCUT2D eigenvalue weighted by Gasteiger charge is 2.25. The Morgan fingerprint density at radius 3 is 2.60 bits per heavy atom. The number of aliphatic hydroxyl groups excluding tert-OH is 1. The second kappa shape index (κ2) is 3.85. The van der Waals surface area contributed by atoms with Crippen molar-refractivity contribution in [3.8, 4) is 0 Å². The van der Waals surface area contributed by atoms with Gasteiger partial charge in [-0.1, -0.05) is 6.42 Å². The molecule has 0 aromatic heterocycles. The van der Waals surface area contributed by atoms with Crippen LogP contribution in [0.2, 0.25) is 0 Å². The lowest BCUT2D eigenvalue weighted by Crippen LogP contribution is -2.07. The van der Waals surface area contributed by atoms with Crippen molar-refractivity contribution in [1.29, 1.82) is 0 Å². The van der Waals surface area contributed by atoms with Gasteiger partial charge in [-0.25, -0.2) is 13.2 Å². The highest BCUT2D eigenvalue weighted by molar-refractivity contribution is 5.33. The third-order valence-corrected chi connectivity index (χ3v) is 2.80. The van der Waals surface area contributed by atoms with Gasteiger partial charge in [0.2, 0.25) is 0 Å². The molecule has 15 heavy (non-hydrogen) atoms. The first-order valence-electron chi connectivity index (χ1n) is 4.95. The Morgan fingerprint density at radius 1 is 1.13 bits per heavy atom. The highest BCUT2D eigenvalue weighted by atomic mass is 19.2. The van der Waals surface area contributed by atoms with Gasteiger partial charge < -0.3 is 5.11 Å². The van der Waals surface area contributed by atoms with Crippen LogP contribution in [-0.4, -0.2) is 5.11 Å². The zero-order valence-corrected chi connectivity index (χ0v) is 8.06. The lowest BCUT2D eigenvalue weighted by Gasteiger charge is -2.13. The van der Waals surface area contributed by atoms with Gasteiger partial charge in [0.25, 0.3) is 0 Å². The maximum atomic E-state index is 13.4. The lowest BCUT2D eigenvalue weighted by molar-refractivity contribution is 0.160. The number of hydrogen-bond donors (Lipinski definition) is 1. The van der Waals surface area contributed by atoms with Gasteiger partial charge in [-0.05, 0) is 24.8 Å². The Hall–Kier alpha value is -1.03. The van der Waals surface area contributed by atoms with E-state index in [9.17, 15) is 18.3 Å². The molecule has 0 saturated heterocycles. The van der Waals surface area contributed by atoms with Crippen molar-refractivity contribution in [1.82, 2.24) is 0 Å². The largest absolute Gasteiger partial charge is 0.388 e. The van der Waals surface area contributed by atoms with Gasteiger partial charge in [-0.3, -0.25) is 0 Å². The van der Waals surface area contributed by atoms with Gasteiger partial charge in [0.15, 0.2) is 11.6 Å². The van der Waals surface area contributed by atoms with E-state index in [0.29, 0.717) is 31.7 Å². The molecular weight excluding hydrogens is 205 g/mol. The highest BCUT2D eigenvalue weighted by Crippen LogP contribution is 2.33. The van der Waals surface area contributed by atoms with Crippen molar-refractivity contribution in [3.63, 3.8) is 0 Å². The van der Waals surface area contributed by atoms with Crippen LogP contribution in [0.15, 0.2) is 6.07 Å². The van der Waals surface area contributed by atoms with E-state index in [0.717, 1.165) is 0 Å². The first kappa shape index (κ1) is 10.5. The van der Waals surface area contributed by atoms with Crippen LogP contribution in [0.4, 0.5) is 13.2 Å². The molecule has 0 aliphatic heterocycles. The fourth-order valence-corrected chi connectivity index (χ4v) is 2.04. The van der Waals surface area contributed by atoms with Gasteiger partial charge in [0.1, 0.15) is 5.82 Å². The number of fused-ring (bicyclic) bond motifs is 1. The van der Waals surface area contributed by atoms with Crippen molar-refractivity contribution in [2.24, 2.45) is 0 Å². The van der Waals surface area contributed by atoms with Gasteiger partial charge >= 0.3 is 0 Å². The molecule has 82 valence electrons. The van der Waals surface area contributed by atoms with E-state index in [4.69, 9.17) is 0 Å². The van der Waals surface area contributed by atoms with Crippen molar-refractivity contribution >= 4 is 0 Å². The quantitative estimate of drug-likeness (QED) is 0.522. The first-order chi connectivity index (χ1) is 7.11. The van der Waals surface area contributed by atoms with Crippen LogP contribution in [0.25, 0.3) is 0 Å². The van der Waals surface area contributed by atoms with Gasteiger partial charge in [0.05, 0.1) is 6.10 Å². The molecule has 1 unspecified atom stereocenters. The molecule has 0 radical (unpaired) electrons. The number of aliphatic hydroxyl groups is 1. The van der Waals surface area contributed by atoms with E-state index in [-0.39, 0.29) is 11.1 Å². The Labute approximate surface area is 85.5 Å². The molecule has 4 heteroatoms. The molecule has 0 fully saturated rings. The van der Waals surface area contributed by atoms with Crippen LogP contribution >= 0.6 is 0 Å². The number of hydrogen-bond acceptors (Lipinski definition) is 1. The average molecular weight is 216 g/mol. The minimum Gasteiger partial charge on any atom is -0.388 e. The van der Waals surface area contributed by atoms with Crippen LogP contribution in [0.5, 0.6) is 0 Å². The Balaban J connectivity index is 2.63. The summed E-state index contributed by atoms with van der Waals surface area (Å²) in [6, 6.07) is 0.548. The summed E-state index contributed by atoms with van der Waals surface area (Å²) >= 11 is 0. The van der Waals surface area contributed by atoms with Crippen LogP contribution < -0.4 is 0 Å². The summed E-state index contributed by atoms with van der Waals surface area (Å²) < 4.78 is 39.7. The first-order valence-corrected chi connectivity index (χ1v) is 4.95. The van der Waals surface area contributed by atoms with Crippen molar-refractivity contribution < 1.29 is 18.3 Å². The summed E-state index contributed by atoms with van der Waals surface area (Å²) in [5.74, 6) is -3.10. The number of rotatable bonds is 0. The molecular formula is C11H11F3O. The fraction of sp³-hybridized carbons (Fsp3) is 0.455. The smallest absolute Gasteiger partial charge is 0.165 e. The zero-order chi connectivity index (χ0) is 11.0. The monoisotopic (exact) mass is 216 g/mol. The Bertz CT molecular complexity index is 390. The predicted molar refractivity (Wildman–Crippen MR) is 48.8 cm³/mol. The van der Waals surface area contributed by atoms with Crippen molar-refractivity contribution in [2.45, 2.75) is 31.8 Å². The molecule has 0 saturated carbocycles. The average Bonchev–Trinajstić information content (AvgIpc) is 2.37. The summed E-state index contributed by atoms with van der Waals surface area (Å²) in [4.78, 5) is 0. The number of benzene rings is 1. The fourth-order valence-electron chi connectivity index (χ4n) is 2.04. The third-order valence-electron chi connectivity index (χ3n) is 2.80. The van der Waals surface area contributed by atoms with Crippen molar-refractivity contribution in [2.75, 3.05) is 0 Å².